The molecule has 112 valence electrons. The van der Waals surface area contributed by atoms with Crippen LogP contribution in [0.25, 0.3) is 11.3 Å². The van der Waals surface area contributed by atoms with Gasteiger partial charge in [-0.3, -0.25) is 9.78 Å². The molecule has 4 nitrogen and oxygen atoms in total. The number of carbonyl (C=O) groups excluding carboxylic acids is 1. The van der Waals surface area contributed by atoms with Gasteiger partial charge in [0.1, 0.15) is 5.69 Å². The normalized spacial score (nSPS) is 11.4. The van der Waals surface area contributed by atoms with Gasteiger partial charge in [-0.1, -0.05) is 0 Å². The minimum Gasteiger partial charge on any atom is -0.356 e. The summed E-state index contributed by atoms with van der Waals surface area (Å²) < 4.78 is 37.8. The van der Waals surface area contributed by atoms with Crippen LogP contribution in [0.4, 0.5) is 13.2 Å². The maximum Gasteiger partial charge on any atom is 0.433 e. The second-order valence-corrected chi connectivity index (χ2v) is 5.23. The molecule has 2 rings (SSSR count). The lowest BCUT2D eigenvalue weighted by atomic mass is 10.2. The van der Waals surface area contributed by atoms with Crippen LogP contribution < -0.4 is 5.32 Å². The maximum atomic E-state index is 12.6. The van der Waals surface area contributed by atoms with E-state index in [0.717, 1.165) is 17.3 Å². The summed E-state index contributed by atoms with van der Waals surface area (Å²) in [4.78, 5) is 18.3. The average molecular weight is 315 g/mol. The number of hydrogen-bond acceptors (Lipinski definition) is 4. The third-order valence-electron chi connectivity index (χ3n) is 2.61. The van der Waals surface area contributed by atoms with Gasteiger partial charge < -0.3 is 5.32 Å². The molecule has 0 aliphatic heterocycles. The fraction of sp³-hybridized carbons (Fsp3) is 0.308. The van der Waals surface area contributed by atoms with Crippen molar-refractivity contribution < 1.29 is 18.0 Å². The first kappa shape index (κ1) is 15.4. The summed E-state index contributed by atoms with van der Waals surface area (Å²) in [6.07, 6.45) is -2.81. The van der Waals surface area contributed by atoms with E-state index in [1.807, 2.05) is 0 Å². The van der Waals surface area contributed by atoms with Crippen molar-refractivity contribution in [1.29, 1.82) is 0 Å². The van der Waals surface area contributed by atoms with Crippen LogP contribution in [0.15, 0.2) is 23.7 Å². The predicted octanol–water partition coefficient (Wildman–Crippen LogP) is 2.90. The van der Waals surface area contributed by atoms with Crippen LogP contribution in [0.1, 0.15) is 17.6 Å². The Hall–Kier alpha value is -1.96. The van der Waals surface area contributed by atoms with Crippen molar-refractivity contribution in [2.45, 2.75) is 19.5 Å². The number of carbonyl (C=O) groups is 1. The van der Waals surface area contributed by atoms with Crippen molar-refractivity contribution in [1.82, 2.24) is 15.3 Å². The van der Waals surface area contributed by atoms with Crippen molar-refractivity contribution in [3.63, 3.8) is 0 Å². The Kier molecular flexibility index (Phi) is 4.56. The van der Waals surface area contributed by atoms with Gasteiger partial charge in [0.15, 0.2) is 0 Å². The topological polar surface area (TPSA) is 54.9 Å². The number of rotatable bonds is 4. The van der Waals surface area contributed by atoms with Crippen LogP contribution in [-0.2, 0) is 17.4 Å². The lowest BCUT2D eigenvalue weighted by Crippen LogP contribution is -2.22. The number of thiazole rings is 1. The first-order valence-electron chi connectivity index (χ1n) is 6.09. The molecule has 21 heavy (non-hydrogen) atoms. The van der Waals surface area contributed by atoms with Gasteiger partial charge in [-0.25, -0.2) is 4.98 Å². The summed E-state index contributed by atoms with van der Waals surface area (Å²) in [7, 11) is 0. The van der Waals surface area contributed by atoms with Crippen molar-refractivity contribution in [3.05, 3.63) is 34.4 Å². The van der Waals surface area contributed by atoms with Gasteiger partial charge in [0.25, 0.3) is 0 Å². The molecule has 1 N–H and O–H groups in total. The van der Waals surface area contributed by atoms with E-state index in [9.17, 15) is 18.0 Å². The van der Waals surface area contributed by atoms with Crippen molar-refractivity contribution in [2.75, 3.05) is 6.54 Å². The summed E-state index contributed by atoms with van der Waals surface area (Å²) in [6, 6.07) is 2.47. The Morgan fingerprint density at radius 3 is 2.86 bits per heavy atom. The summed E-state index contributed by atoms with van der Waals surface area (Å²) >= 11 is 1.35. The largest absolute Gasteiger partial charge is 0.433 e. The van der Waals surface area contributed by atoms with Gasteiger partial charge in [-0.2, -0.15) is 13.2 Å². The molecule has 1 amide bonds. The highest BCUT2D eigenvalue weighted by Gasteiger charge is 2.32. The molecular weight excluding hydrogens is 303 g/mol. The summed E-state index contributed by atoms with van der Waals surface area (Å²) in [6.45, 7) is 1.87. The first-order chi connectivity index (χ1) is 9.86. The molecule has 0 radical (unpaired) electrons. The molecule has 0 aliphatic rings. The van der Waals surface area contributed by atoms with E-state index in [1.165, 1.54) is 24.3 Å². The number of nitrogens with zero attached hydrogens (tertiary/aromatic N) is 2. The fourth-order valence-electron chi connectivity index (χ4n) is 1.65. The molecule has 0 aliphatic carbocycles. The van der Waals surface area contributed by atoms with Crippen molar-refractivity contribution in [2.24, 2.45) is 0 Å². The predicted molar refractivity (Wildman–Crippen MR) is 72.7 cm³/mol. The van der Waals surface area contributed by atoms with Crippen molar-refractivity contribution >= 4 is 17.2 Å². The minimum atomic E-state index is -4.47. The van der Waals surface area contributed by atoms with E-state index in [2.05, 4.69) is 15.3 Å². The first-order valence-corrected chi connectivity index (χ1v) is 6.96. The van der Waals surface area contributed by atoms with E-state index in [0.29, 0.717) is 24.2 Å². The molecule has 2 aromatic heterocycles. The second-order valence-electron chi connectivity index (χ2n) is 4.29. The summed E-state index contributed by atoms with van der Waals surface area (Å²) in [5.41, 5.74) is -0.0853. The fourth-order valence-corrected chi connectivity index (χ4v) is 2.46. The second kappa shape index (κ2) is 6.21. The van der Waals surface area contributed by atoms with E-state index >= 15 is 0 Å². The van der Waals surface area contributed by atoms with Gasteiger partial charge in [0.2, 0.25) is 5.91 Å². The smallest absolute Gasteiger partial charge is 0.356 e. The Morgan fingerprint density at radius 2 is 2.19 bits per heavy atom. The Labute approximate surface area is 123 Å². The van der Waals surface area contributed by atoms with Gasteiger partial charge in [0, 0.05) is 37.0 Å². The highest BCUT2D eigenvalue weighted by atomic mass is 32.1. The lowest BCUT2D eigenvalue weighted by molar-refractivity contribution is -0.141. The standard InChI is InChI=1S/C13H12F3N3OS/c1-8(20)17-5-3-12-19-10(7-21-12)9-2-4-18-11(6-9)13(14,15)16/h2,4,6-7H,3,5H2,1H3,(H,17,20). The SMILES string of the molecule is CC(=O)NCCc1nc(-c2ccnc(C(F)(F)F)c2)cs1. The molecule has 2 heterocycles. The Morgan fingerprint density at radius 1 is 1.43 bits per heavy atom. The highest BCUT2D eigenvalue weighted by Crippen LogP contribution is 2.30. The van der Waals surface area contributed by atoms with Crippen LogP contribution in [0, 0.1) is 0 Å². The van der Waals surface area contributed by atoms with E-state index in [-0.39, 0.29) is 5.91 Å². The number of alkyl halides is 3. The molecule has 0 atom stereocenters. The molecule has 0 fully saturated rings. The molecule has 0 saturated heterocycles. The molecule has 0 bridgehead atoms. The average Bonchev–Trinajstić information content (AvgIpc) is 2.86. The van der Waals surface area contributed by atoms with Gasteiger partial charge in [0.05, 0.1) is 10.7 Å². The highest BCUT2D eigenvalue weighted by molar-refractivity contribution is 7.09. The third kappa shape index (κ3) is 4.25. The van der Waals surface area contributed by atoms with E-state index in [1.54, 1.807) is 5.38 Å². The molecular formula is C13H12F3N3OS. The number of nitrogens with one attached hydrogen (secondary N) is 1. The zero-order valence-corrected chi connectivity index (χ0v) is 11.9. The zero-order chi connectivity index (χ0) is 15.5. The summed E-state index contributed by atoms with van der Waals surface area (Å²) in [5, 5.41) is 5.09. The molecule has 0 unspecified atom stereocenters. The number of halogens is 3. The quantitative estimate of drug-likeness (QED) is 0.944. The van der Waals surface area contributed by atoms with Gasteiger partial charge >= 0.3 is 6.18 Å². The molecule has 0 spiro atoms. The third-order valence-corrected chi connectivity index (χ3v) is 3.52. The number of pyridine rings is 1. The molecule has 0 aromatic carbocycles. The van der Waals surface area contributed by atoms with Gasteiger partial charge in [-0.05, 0) is 12.1 Å². The zero-order valence-electron chi connectivity index (χ0n) is 11.1. The molecule has 0 saturated carbocycles. The number of amides is 1. The van der Waals surface area contributed by atoms with E-state index < -0.39 is 11.9 Å². The lowest BCUT2D eigenvalue weighted by Gasteiger charge is -2.06. The minimum absolute atomic E-state index is 0.129. The number of hydrogen-bond donors (Lipinski definition) is 1. The monoisotopic (exact) mass is 315 g/mol. The van der Waals surface area contributed by atoms with Crippen LogP contribution in [-0.4, -0.2) is 22.4 Å². The number of aromatic nitrogens is 2. The Bertz CT molecular complexity index is 640. The molecule has 8 heteroatoms. The Balaban J connectivity index is 2.12. The van der Waals surface area contributed by atoms with Crippen LogP contribution in [0.3, 0.4) is 0 Å². The maximum absolute atomic E-state index is 12.6. The van der Waals surface area contributed by atoms with Crippen LogP contribution in [0.2, 0.25) is 0 Å². The molecule has 2 aromatic rings. The van der Waals surface area contributed by atoms with Crippen LogP contribution >= 0.6 is 11.3 Å². The van der Waals surface area contributed by atoms with Gasteiger partial charge in [-0.15, -0.1) is 11.3 Å². The summed E-state index contributed by atoms with van der Waals surface area (Å²) in [5.74, 6) is -0.129. The van der Waals surface area contributed by atoms with Crippen LogP contribution in [0.5, 0.6) is 0 Å². The van der Waals surface area contributed by atoms with Crippen molar-refractivity contribution in [3.8, 4) is 11.3 Å². The van der Waals surface area contributed by atoms with E-state index in [4.69, 9.17) is 0 Å².